The average molecular weight is 223 g/mol. The topological polar surface area (TPSA) is 18.5 Å². The molecule has 3 saturated heterocycles. The molecule has 16 heavy (non-hydrogen) atoms. The van der Waals surface area contributed by atoms with Crippen LogP contribution in [0.4, 0.5) is 0 Å². The first-order chi connectivity index (χ1) is 7.92. The number of hydrogen-bond donors (Lipinski definition) is 1. The quantitative estimate of drug-likeness (QED) is 0.751. The van der Waals surface area contributed by atoms with Crippen LogP contribution in [0.5, 0.6) is 0 Å². The molecule has 3 aliphatic rings. The molecule has 0 aromatic rings. The Kier molecular flexibility index (Phi) is 3.46. The van der Waals surface area contributed by atoms with Crippen molar-refractivity contribution in [1.82, 2.24) is 15.1 Å². The highest BCUT2D eigenvalue weighted by atomic mass is 15.3. The van der Waals surface area contributed by atoms with E-state index in [1.807, 2.05) is 0 Å². The van der Waals surface area contributed by atoms with Gasteiger partial charge in [-0.2, -0.15) is 0 Å². The fraction of sp³-hybridized carbons (Fsp3) is 1.00. The molecule has 3 fully saturated rings. The van der Waals surface area contributed by atoms with Crippen LogP contribution in [0.1, 0.15) is 32.1 Å². The van der Waals surface area contributed by atoms with E-state index >= 15 is 0 Å². The molecule has 3 nitrogen and oxygen atoms in total. The Morgan fingerprint density at radius 3 is 2.88 bits per heavy atom. The predicted octanol–water partition coefficient (Wildman–Crippen LogP) is 0.909. The molecule has 3 heteroatoms. The highest BCUT2D eigenvalue weighted by molar-refractivity contribution is 4.87. The van der Waals surface area contributed by atoms with E-state index in [4.69, 9.17) is 0 Å². The molecule has 0 saturated carbocycles. The van der Waals surface area contributed by atoms with Crippen LogP contribution in [0.25, 0.3) is 0 Å². The smallest absolute Gasteiger partial charge is 0.0223 e. The normalized spacial score (nSPS) is 37.5. The maximum absolute atomic E-state index is 3.62. The summed E-state index contributed by atoms with van der Waals surface area (Å²) in [5.74, 6) is 0. The fourth-order valence-electron chi connectivity index (χ4n) is 3.61. The van der Waals surface area contributed by atoms with Crippen LogP contribution in [0.15, 0.2) is 0 Å². The summed E-state index contributed by atoms with van der Waals surface area (Å²) in [6.07, 6.45) is 7.10. The molecule has 2 atom stereocenters. The van der Waals surface area contributed by atoms with Gasteiger partial charge in [0.1, 0.15) is 0 Å². The van der Waals surface area contributed by atoms with E-state index in [0.29, 0.717) is 0 Å². The Labute approximate surface area is 99.2 Å². The first kappa shape index (κ1) is 11.0. The summed E-state index contributed by atoms with van der Waals surface area (Å²) in [5.41, 5.74) is 0. The van der Waals surface area contributed by atoms with Gasteiger partial charge >= 0.3 is 0 Å². The highest BCUT2D eigenvalue weighted by Crippen LogP contribution is 2.21. The van der Waals surface area contributed by atoms with Gasteiger partial charge in [0.05, 0.1) is 0 Å². The van der Waals surface area contributed by atoms with Gasteiger partial charge in [-0.15, -0.1) is 0 Å². The summed E-state index contributed by atoms with van der Waals surface area (Å²) in [6, 6.07) is 1.67. The van der Waals surface area contributed by atoms with Crippen molar-refractivity contribution in [1.29, 1.82) is 0 Å². The van der Waals surface area contributed by atoms with Crippen molar-refractivity contribution in [3.05, 3.63) is 0 Å². The van der Waals surface area contributed by atoms with Crippen LogP contribution in [-0.4, -0.2) is 61.2 Å². The minimum Gasteiger partial charge on any atom is -0.313 e. The number of piperazine rings is 1. The molecule has 1 unspecified atom stereocenters. The van der Waals surface area contributed by atoms with Crippen LogP contribution in [0.3, 0.4) is 0 Å². The van der Waals surface area contributed by atoms with Crippen LogP contribution in [-0.2, 0) is 0 Å². The minimum absolute atomic E-state index is 0.787. The largest absolute Gasteiger partial charge is 0.313 e. The van der Waals surface area contributed by atoms with E-state index in [-0.39, 0.29) is 0 Å². The monoisotopic (exact) mass is 223 g/mol. The summed E-state index contributed by atoms with van der Waals surface area (Å²) in [6.45, 7) is 7.85. The molecule has 3 rings (SSSR count). The number of hydrogen-bond acceptors (Lipinski definition) is 3. The van der Waals surface area contributed by atoms with Crippen molar-refractivity contribution in [2.45, 2.75) is 44.2 Å². The third kappa shape index (κ3) is 2.41. The van der Waals surface area contributed by atoms with E-state index in [1.165, 1.54) is 71.4 Å². The summed E-state index contributed by atoms with van der Waals surface area (Å²) >= 11 is 0. The molecule has 1 N–H and O–H groups in total. The molecule has 0 radical (unpaired) electrons. The van der Waals surface area contributed by atoms with Gasteiger partial charge in [-0.05, 0) is 38.8 Å². The molecule has 92 valence electrons. The van der Waals surface area contributed by atoms with Gasteiger partial charge in [0, 0.05) is 38.3 Å². The molecule has 0 aromatic heterocycles. The van der Waals surface area contributed by atoms with Crippen molar-refractivity contribution in [2.75, 3.05) is 39.3 Å². The molecule has 0 aromatic carbocycles. The van der Waals surface area contributed by atoms with Crippen molar-refractivity contribution in [3.8, 4) is 0 Å². The third-order valence-electron chi connectivity index (χ3n) is 4.56. The van der Waals surface area contributed by atoms with Crippen LogP contribution < -0.4 is 5.32 Å². The SMILES string of the molecule is C1CCN2CCN(C[C@H]3CCCN3)CC2C1. The lowest BCUT2D eigenvalue weighted by Crippen LogP contribution is -2.56. The van der Waals surface area contributed by atoms with E-state index < -0.39 is 0 Å². The van der Waals surface area contributed by atoms with E-state index in [9.17, 15) is 0 Å². The molecular formula is C13H25N3. The van der Waals surface area contributed by atoms with Crippen LogP contribution >= 0.6 is 0 Å². The molecular weight excluding hydrogens is 198 g/mol. The Balaban J connectivity index is 1.50. The zero-order chi connectivity index (χ0) is 10.8. The predicted molar refractivity (Wildman–Crippen MR) is 66.7 cm³/mol. The summed E-state index contributed by atoms with van der Waals surface area (Å²) in [7, 11) is 0. The number of piperidine rings is 1. The summed E-state index contributed by atoms with van der Waals surface area (Å²) in [5, 5.41) is 3.62. The number of rotatable bonds is 2. The molecule has 0 bridgehead atoms. The van der Waals surface area contributed by atoms with Crippen molar-refractivity contribution < 1.29 is 0 Å². The van der Waals surface area contributed by atoms with Gasteiger partial charge in [-0.1, -0.05) is 6.42 Å². The van der Waals surface area contributed by atoms with Crippen LogP contribution in [0, 0.1) is 0 Å². The standard InChI is InChI=1S/C13H25N3/c1-2-7-16-9-8-15(11-13(16)5-1)10-12-4-3-6-14-12/h12-14H,1-11H2/t12-,13?/m1/s1. The zero-order valence-electron chi connectivity index (χ0n) is 10.3. The molecule has 3 heterocycles. The third-order valence-corrected chi connectivity index (χ3v) is 4.56. The molecule has 0 aliphatic carbocycles. The Bertz CT molecular complexity index is 225. The van der Waals surface area contributed by atoms with E-state index in [0.717, 1.165) is 12.1 Å². The number of fused-ring (bicyclic) bond motifs is 1. The minimum atomic E-state index is 0.787. The van der Waals surface area contributed by atoms with Gasteiger partial charge < -0.3 is 5.32 Å². The second-order valence-corrected chi connectivity index (χ2v) is 5.74. The second kappa shape index (κ2) is 5.03. The number of nitrogens with one attached hydrogen (secondary N) is 1. The van der Waals surface area contributed by atoms with Crippen LogP contribution in [0.2, 0.25) is 0 Å². The summed E-state index contributed by atoms with van der Waals surface area (Å²) < 4.78 is 0. The van der Waals surface area contributed by atoms with Crippen molar-refractivity contribution >= 4 is 0 Å². The average Bonchev–Trinajstić information content (AvgIpc) is 2.82. The maximum atomic E-state index is 3.62. The van der Waals surface area contributed by atoms with Gasteiger partial charge in [0.25, 0.3) is 0 Å². The lowest BCUT2D eigenvalue weighted by atomic mass is 9.99. The molecule has 3 aliphatic heterocycles. The first-order valence-electron chi connectivity index (χ1n) is 7.11. The van der Waals surface area contributed by atoms with Gasteiger partial charge in [0.15, 0.2) is 0 Å². The Morgan fingerprint density at radius 2 is 2.00 bits per heavy atom. The summed E-state index contributed by atoms with van der Waals surface area (Å²) in [4.78, 5) is 5.43. The lowest BCUT2D eigenvalue weighted by molar-refractivity contribution is 0.0458. The van der Waals surface area contributed by atoms with Gasteiger partial charge in [-0.25, -0.2) is 0 Å². The maximum Gasteiger partial charge on any atom is 0.0223 e. The Hall–Kier alpha value is -0.120. The highest BCUT2D eigenvalue weighted by Gasteiger charge is 2.30. The number of nitrogens with zero attached hydrogens (tertiary/aromatic N) is 2. The Morgan fingerprint density at radius 1 is 1.00 bits per heavy atom. The molecule has 0 spiro atoms. The van der Waals surface area contributed by atoms with Gasteiger partial charge in [0.2, 0.25) is 0 Å². The van der Waals surface area contributed by atoms with Gasteiger partial charge in [-0.3, -0.25) is 9.80 Å². The first-order valence-corrected chi connectivity index (χ1v) is 7.11. The lowest BCUT2D eigenvalue weighted by Gasteiger charge is -2.44. The zero-order valence-corrected chi connectivity index (χ0v) is 10.3. The van der Waals surface area contributed by atoms with Crippen molar-refractivity contribution in [2.24, 2.45) is 0 Å². The van der Waals surface area contributed by atoms with Crippen molar-refractivity contribution in [3.63, 3.8) is 0 Å². The fourth-order valence-corrected chi connectivity index (χ4v) is 3.61. The second-order valence-electron chi connectivity index (χ2n) is 5.74. The van der Waals surface area contributed by atoms with E-state index in [1.54, 1.807) is 0 Å². The van der Waals surface area contributed by atoms with E-state index in [2.05, 4.69) is 15.1 Å². The molecule has 0 amide bonds.